The summed E-state index contributed by atoms with van der Waals surface area (Å²) in [5, 5.41) is 1.15. The van der Waals surface area contributed by atoms with Gasteiger partial charge >= 0.3 is 0 Å². The van der Waals surface area contributed by atoms with Gasteiger partial charge in [-0.2, -0.15) is 0 Å². The van der Waals surface area contributed by atoms with Crippen LogP contribution in [0.4, 0.5) is 0 Å². The summed E-state index contributed by atoms with van der Waals surface area (Å²) in [5.74, 6) is 1.50. The van der Waals surface area contributed by atoms with Crippen molar-refractivity contribution in [2.24, 2.45) is 0 Å². The topological polar surface area (TPSA) is 58.2 Å². The van der Waals surface area contributed by atoms with Crippen molar-refractivity contribution >= 4 is 16.8 Å². The fourth-order valence-electron chi connectivity index (χ4n) is 3.68. The molecule has 2 aromatic heterocycles. The molecule has 0 atom stereocenters. The average molecular weight is 349 g/mol. The van der Waals surface area contributed by atoms with E-state index in [4.69, 9.17) is 4.74 Å². The van der Waals surface area contributed by atoms with Crippen LogP contribution in [0.15, 0.2) is 48.8 Å². The third-order valence-electron chi connectivity index (χ3n) is 5.24. The lowest BCUT2D eigenvalue weighted by molar-refractivity contribution is -0.131. The highest BCUT2D eigenvalue weighted by molar-refractivity contribution is 5.80. The zero-order chi connectivity index (χ0) is 17.9. The maximum atomic E-state index is 12.6. The normalized spacial score (nSPS) is 15.3. The first-order valence-corrected chi connectivity index (χ1v) is 9.06. The van der Waals surface area contributed by atoms with Crippen LogP contribution in [0.5, 0.6) is 5.75 Å². The SMILES string of the molecule is COc1ccc(CC(=O)N2CCC(c3cc4cnccc4[nH]3)CC2)cc1. The summed E-state index contributed by atoms with van der Waals surface area (Å²) in [7, 11) is 1.65. The van der Waals surface area contributed by atoms with Crippen molar-refractivity contribution in [1.29, 1.82) is 0 Å². The Labute approximate surface area is 153 Å². The smallest absolute Gasteiger partial charge is 0.226 e. The van der Waals surface area contributed by atoms with E-state index in [1.165, 1.54) is 5.69 Å². The highest BCUT2D eigenvalue weighted by atomic mass is 16.5. The van der Waals surface area contributed by atoms with Crippen molar-refractivity contribution in [3.05, 3.63) is 60.0 Å². The molecule has 1 saturated heterocycles. The molecule has 1 aliphatic rings. The monoisotopic (exact) mass is 349 g/mol. The number of likely N-dealkylation sites (tertiary alicyclic amines) is 1. The molecular formula is C21H23N3O2. The van der Waals surface area contributed by atoms with E-state index >= 15 is 0 Å². The molecule has 5 heteroatoms. The Morgan fingerprint density at radius 3 is 2.69 bits per heavy atom. The zero-order valence-electron chi connectivity index (χ0n) is 14.9. The number of nitrogens with zero attached hydrogens (tertiary/aromatic N) is 2. The van der Waals surface area contributed by atoms with Gasteiger partial charge < -0.3 is 14.6 Å². The molecule has 0 radical (unpaired) electrons. The summed E-state index contributed by atoms with van der Waals surface area (Å²) < 4.78 is 5.16. The van der Waals surface area contributed by atoms with Crippen LogP contribution in [-0.2, 0) is 11.2 Å². The van der Waals surface area contributed by atoms with Gasteiger partial charge in [-0.1, -0.05) is 12.1 Å². The number of nitrogens with one attached hydrogen (secondary N) is 1. The molecule has 0 spiro atoms. The molecule has 1 fully saturated rings. The van der Waals surface area contributed by atoms with Crippen LogP contribution in [0.25, 0.3) is 10.9 Å². The number of amides is 1. The van der Waals surface area contributed by atoms with E-state index in [2.05, 4.69) is 16.0 Å². The number of hydrogen-bond acceptors (Lipinski definition) is 3. The van der Waals surface area contributed by atoms with Crippen molar-refractivity contribution < 1.29 is 9.53 Å². The number of rotatable bonds is 4. The number of pyridine rings is 1. The molecule has 0 unspecified atom stereocenters. The summed E-state index contributed by atoms with van der Waals surface area (Å²) in [6, 6.07) is 11.9. The molecule has 3 heterocycles. The van der Waals surface area contributed by atoms with Gasteiger partial charge in [-0.05, 0) is 42.7 Å². The molecule has 0 saturated carbocycles. The molecule has 26 heavy (non-hydrogen) atoms. The summed E-state index contributed by atoms with van der Waals surface area (Å²) in [4.78, 5) is 22.3. The Kier molecular flexibility index (Phi) is 4.61. The van der Waals surface area contributed by atoms with E-state index in [0.29, 0.717) is 12.3 Å². The van der Waals surface area contributed by atoms with Crippen molar-refractivity contribution in [1.82, 2.24) is 14.9 Å². The lowest BCUT2D eigenvalue weighted by Gasteiger charge is -2.31. The lowest BCUT2D eigenvalue weighted by Crippen LogP contribution is -2.38. The summed E-state index contributed by atoms with van der Waals surface area (Å²) in [5.41, 5.74) is 3.42. The van der Waals surface area contributed by atoms with Gasteiger partial charge in [0.1, 0.15) is 5.75 Å². The van der Waals surface area contributed by atoms with Gasteiger partial charge in [-0.15, -0.1) is 0 Å². The minimum atomic E-state index is 0.203. The largest absolute Gasteiger partial charge is 0.497 e. The number of piperidine rings is 1. The van der Waals surface area contributed by atoms with Crippen LogP contribution >= 0.6 is 0 Å². The number of carbonyl (C=O) groups is 1. The van der Waals surface area contributed by atoms with E-state index in [9.17, 15) is 4.79 Å². The molecule has 1 aliphatic heterocycles. The highest BCUT2D eigenvalue weighted by Gasteiger charge is 2.24. The maximum absolute atomic E-state index is 12.6. The van der Waals surface area contributed by atoms with Crippen molar-refractivity contribution in [3.63, 3.8) is 0 Å². The molecule has 3 aromatic rings. The van der Waals surface area contributed by atoms with Gasteiger partial charge in [0.25, 0.3) is 0 Å². The number of aromatic amines is 1. The number of methoxy groups -OCH3 is 1. The van der Waals surface area contributed by atoms with Crippen LogP contribution in [0.3, 0.4) is 0 Å². The molecule has 1 N–H and O–H groups in total. The molecule has 1 aromatic carbocycles. The molecule has 4 rings (SSSR count). The standard InChI is InChI=1S/C21H23N3O2/c1-26-18-4-2-15(3-5-18)12-21(25)24-10-7-16(8-11-24)20-13-17-14-22-9-6-19(17)23-20/h2-6,9,13-14,16,23H,7-8,10-12H2,1H3. The Hall–Kier alpha value is -2.82. The molecule has 5 nitrogen and oxygen atoms in total. The maximum Gasteiger partial charge on any atom is 0.226 e. The van der Waals surface area contributed by atoms with Crippen LogP contribution in [0, 0.1) is 0 Å². The number of benzene rings is 1. The predicted molar refractivity (Wildman–Crippen MR) is 101 cm³/mol. The van der Waals surface area contributed by atoms with Gasteiger partial charge in [0, 0.05) is 48.0 Å². The van der Waals surface area contributed by atoms with Crippen molar-refractivity contribution in [3.8, 4) is 5.75 Å². The van der Waals surface area contributed by atoms with Crippen molar-refractivity contribution in [2.75, 3.05) is 20.2 Å². The van der Waals surface area contributed by atoms with Gasteiger partial charge in [0.2, 0.25) is 5.91 Å². The molecule has 0 bridgehead atoms. The van der Waals surface area contributed by atoms with E-state index in [1.807, 2.05) is 47.6 Å². The van der Waals surface area contributed by atoms with Crippen molar-refractivity contribution in [2.45, 2.75) is 25.2 Å². The number of fused-ring (bicyclic) bond motifs is 1. The van der Waals surface area contributed by atoms with Gasteiger partial charge in [-0.3, -0.25) is 9.78 Å². The Balaban J connectivity index is 1.35. The Morgan fingerprint density at radius 1 is 1.23 bits per heavy atom. The predicted octanol–water partition coefficient (Wildman–Crippen LogP) is 3.52. The fourth-order valence-corrected chi connectivity index (χ4v) is 3.68. The molecule has 134 valence electrons. The van der Waals surface area contributed by atoms with E-state index < -0.39 is 0 Å². The minimum absolute atomic E-state index is 0.203. The highest BCUT2D eigenvalue weighted by Crippen LogP contribution is 2.30. The first kappa shape index (κ1) is 16.6. The van der Waals surface area contributed by atoms with E-state index in [1.54, 1.807) is 7.11 Å². The quantitative estimate of drug-likeness (QED) is 0.784. The summed E-state index contributed by atoms with van der Waals surface area (Å²) in [6.45, 7) is 1.63. The van der Waals surface area contributed by atoms with Gasteiger partial charge in [-0.25, -0.2) is 0 Å². The number of hydrogen-bond donors (Lipinski definition) is 1. The molecular weight excluding hydrogens is 326 g/mol. The molecule has 1 amide bonds. The minimum Gasteiger partial charge on any atom is -0.497 e. The zero-order valence-corrected chi connectivity index (χ0v) is 14.9. The average Bonchev–Trinajstić information content (AvgIpc) is 3.13. The number of aromatic nitrogens is 2. The second kappa shape index (κ2) is 7.20. The van der Waals surface area contributed by atoms with Gasteiger partial charge in [0.15, 0.2) is 0 Å². The van der Waals surface area contributed by atoms with E-state index in [-0.39, 0.29) is 5.91 Å². The number of carbonyl (C=O) groups excluding carboxylic acids is 1. The second-order valence-electron chi connectivity index (χ2n) is 6.87. The molecule has 0 aliphatic carbocycles. The second-order valence-corrected chi connectivity index (χ2v) is 6.87. The van der Waals surface area contributed by atoms with E-state index in [0.717, 1.165) is 48.1 Å². The Bertz CT molecular complexity index is 860. The first-order valence-electron chi connectivity index (χ1n) is 9.06. The summed E-state index contributed by atoms with van der Waals surface area (Å²) in [6.07, 6.45) is 6.14. The van der Waals surface area contributed by atoms with Crippen LogP contribution in [0.2, 0.25) is 0 Å². The van der Waals surface area contributed by atoms with Gasteiger partial charge in [0.05, 0.1) is 13.5 Å². The van der Waals surface area contributed by atoms with Crippen LogP contribution in [0.1, 0.15) is 30.0 Å². The Morgan fingerprint density at radius 2 is 2.00 bits per heavy atom. The third-order valence-corrected chi connectivity index (χ3v) is 5.24. The summed E-state index contributed by atoms with van der Waals surface area (Å²) >= 11 is 0. The number of H-pyrrole nitrogens is 1. The first-order chi connectivity index (χ1) is 12.7. The number of ether oxygens (including phenoxy) is 1. The lowest BCUT2D eigenvalue weighted by atomic mass is 9.93. The van der Waals surface area contributed by atoms with Crippen LogP contribution < -0.4 is 4.74 Å². The fraction of sp³-hybridized carbons (Fsp3) is 0.333. The van der Waals surface area contributed by atoms with Crippen LogP contribution in [-0.4, -0.2) is 41.0 Å². The third kappa shape index (κ3) is 3.43.